The summed E-state index contributed by atoms with van der Waals surface area (Å²) in [6, 6.07) is 10.1. The lowest BCUT2D eigenvalue weighted by molar-refractivity contribution is 0.0597. The van der Waals surface area contributed by atoms with Gasteiger partial charge in [-0.05, 0) is 12.1 Å². The summed E-state index contributed by atoms with van der Waals surface area (Å²) in [6.45, 7) is 0. The fourth-order valence-electron chi connectivity index (χ4n) is 2.67. The highest BCUT2D eigenvalue weighted by molar-refractivity contribution is 7.16. The second kappa shape index (κ2) is 7.63. The number of fused-ring (bicyclic) bond motifs is 1. The van der Waals surface area contributed by atoms with Crippen molar-refractivity contribution in [3.05, 3.63) is 52.3 Å². The molecule has 3 aromatic rings. The number of hydrogen-bond donors (Lipinski definition) is 0. The van der Waals surface area contributed by atoms with Crippen LogP contribution < -0.4 is 14.3 Å². The minimum atomic E-state index is -0.579. The van der Waals surface area contributed by atoms with Crippen LogP contribution in [0.3, 0.4) is 0 Å². The number of hydrogen-bond acceptors (Lipinski definition) is 6. The first-order valence-corrected chi connectivity index (χ1v) is 8.79. The first kappa shape index (κ1) is 18.7. The molecule has 140 valence electrons. The molecule has 0 saturated carbocycles. The smallest absolute Gasteiger partial charge is 0.338 e. The van der Waals surface area contributed by atoms with Crippen LogP contribution in [0.15, 0.2) is 41.4 Å². The maximum atomic E-state index is 12.7. The van der Waals surface area contributed by atoms with Gasteiger partial charge in [0, 0.05) is 19.2 Å². The zero-order valence-electron chi connectivity index (χ0n) is 15.3. The molecule has 0 spiro atoms. The van der Waals surface area contributed by atoms with Gasteiger partial charge in [-0.25, -0.2) is 4.79 Å². The van der Waals surface area contributed by atoms with Crippen molar-refractivity contribution >= 4 is 33.4 Å². The van der Waals surface area contributed by atoms with Gasteiger partial charge >= 0.3 is 5.97 Å². The second-order valence-electron chi connectivity index (χ2n) is 5.57. The number of thiazole rings is 1. The number of amides is 1. The van der Waals surface area contributed by atoms with Gasteiger partial charge in [0.25, 0.3) is 5.91 Å². The third kappa shape index (κ3) is 3.43. The monoisotopic (exact) mass is 386 g/mol. The lowest BCUT2D eigenvalue weighted by Gasteiger charge is -2.07. The van der Waals surface area contributed by atoms with Crippen molar-refractivity contribution in [2.24, 2.45) is 12.0 Å². The van der Waals surface area contributed by atoms with E-state index in [-0.39, 0.29) is 11.1 Å². The van der Waals surface area contributed by atoms with E-state index >= 15 is 0 Å². The van der Waals surface area contributed by atoms with Crippen molar-refractivity contribution in [3.63, 3.8) is 0 Å². The van der Waals surface area contributed by atoms with Crippen LogP contribution in [0.1, 0.15) is 20.7 Å². The van der Waals surface area contributed by atoms with Crippen LogP contribution in [-0.2, 0) is 11.8 Å². The molecule has 0 aliphatic heterocycles. The highest BCUT2D eigenvalue weighted by Gasteiger charge is 2.17. The second-order valence-corrected chi connectivity index (χ2v) is 6.58. The molecule has 1 heterocycles. The number of carbonyl (C=O) groups excluding carboxylic acids is 2. The van der Waals surface area contributed by atoms with E-state index in [2.05, 4.69) is 4.99 Å². The Hall–Kier alpha value is -3.13. The molecule has 1 amide bonds. The summed E-state index contributed by atoms with van der Waals surface area (Å²) in [7, 11) is 6.21. The first-order valence-electron chi connectivity index (χ1n) is 7.98. The zero-order chi connectivity index (χ0) is 19.6. The molecular formula is C19H18N2O5S. The zero-order valence-corrected chi connectivity index (χ0v) is 16.1. The van der Waals surface area contributed by atoms with E-state index in [0.29, 0.717) is 16.3 Å². The minimum absolute atomic E-state index is 0.181. The summed E-state index contributed by atoms with van der Waals surface area (Å²) in [4.78, 5) is 29.3. The number of ether oxygens (including phenoxy) is 3. The third-order valence-corrected chi connectivity index (χ3v) is 5.17. The molecule has 3 rings (SSSR count). The lowest BCUT2D eigenvalue weighted by atomic mass is 10.1. The van der Waals surface area contributed by atoms with Gasteiger partial charge in [-0.15, -0.1) is 0 Å². The summed E-state index contributed by atoms with van der Waals surface area (Å²) in [5.41, 5.74) is 1.23. The van der Waals surface area contributed by atoms with Gasteiger partial charge in [0.2, 0.25) is 0 Å². The van der Waals surface area contributed by atoms with Crippen LogP contribution in [0, 0.1) is 0 Å². The largest absolute Gasteiger partial charge is 0.493 e. The predicted molar refractivity (Wildman–Crippen MR) is 102 cm³/mol. The fourth-order valence-corrected chi connectivity index (χ4v) is 3.69. The van der Waals surface area contributed by atoms with Crippen LogP contribution in [0.2, 0.25) is 0 Å². The number of aromatic nitrogens is 1. The Morgan fingerprint density at radius 1 is 1.00 bits per heavy atom. The number of nitrogens with zero attached hydrogens (tertiary/aromatic N) is 2. The maximum Gasteiger partial charge on any atom is 0.338 e. The molecule has 0 atom stereocenters. The van der Waals surface area contributed by atoms with Gasteiger partial charge in [0.1, 0.15) is 0 Å². The normalized spacial score (nSPS) is 11.5. The van der Waals surface area contributed by atoms with Gasteiger partial charge in [0.15, 0.2) is 16.3 Å². The Balaban J connectivity index is 2.13. The minimum Gasteiger partial charge on any atom is -0.493 e. The number of esters is 1. The summed E-state index contributed by atoms with van der Waals surface area (Å²) in [6.07, 6.45) is 0. The van der Waals surface area contributed by atoms with Crippen LogP contribution in [0.25, 0.3) is 10.2 Å². The molecule has 0 aliphatic rings. The Kier molecular flexibility index (Phi) is 5.27. The number of aryl methyl sites for hydroxylation is 1. The van der Waals surface area contributed by atoms with Crippen molar-refractivity contribution in [1.29, 1.82) is 0 Å². The Bertz CT molecular complexity index is 1100. The molecule has 8 heteroatoms. The summed E-state index contributed by atoms with van der Waals surface area (Å²) < 4.78 is 18.1. The van der Waals surface area contributed by atoms with E-state index in [9.17, 15) is 9.59 Å². The highest BCUT2D eigenvalue weighted by atomic mass is 32.1. The van der Waals surface area contributed by atoms with Gasteiger partial charge in [-0.1, -0.05) is 23.5 Å². The lowest BCUT2D eigenvalue weighted by Crippen LogP contribution is -2.15. The SMILES string of the molecule is COC(=O)c1ccccc1C(=O)N=c1sc2cc(OC)c(OC)cc2n1C. The summed E-state index contributed by atoms with van der Waals surface area (Å²) in [5.74, 6) is 0.0921. The Labute approximate surface area is 159 Å². The highest BCUT2D eigenvalue weighted by Crippen LogP contribution is 2.33. The van der Waals surface area contributed by atoms with Crippen LogP contribution >= 0.6 is 11.3 Å². The van der Waals surface area contributed by atoms with Gasteiger partial charge in [-0.2, -0.15) is 4.99 Å². The topological polar surface area (TPSA) is 79.1 Å². The summed E-state index contributed by atoms with van der Waals surface area (Å²) in [5, 5.41) is 0. The van der Waals surface area contributed by atoms with E-state index in [1.807, 2.05) is 19.2 Å². The molecule has 0 unspecified atom stereocenters. The average molecular weight is 386 g/mol. The van der Waals surface area contributed by atoms with Crippen molar-refractivity contribution in [3.8, 4) is 11.5 Å². The third-order valence-electron chi connectivity index (χ3n) is 4.07. The Morgan fingerprint density at radius 2 is 1.63 bits per heavy atom. The molecule has 7 nitrogen and oxygen atoms in total. The molecule has 2 aromatic carbocycles. The molecule has 1 aromatic heterocycles. The van der Waals surface area contributed by atoms with E-state index in [4.69, 9.17) is 14.2 Å². The van der Waals surface area contributed by atoms with E-state index in [0.717, 1.165) is 10.2 Å². The van der Waals surface area contributed by atoms with Crippen molar-refractivity contribution in [2.45, 2.75) is 0 Å². The van der Waals surface area contributed by atoms with Crippen LogP contribution in [0.4, 0.5) is 0 Å². The average Bonchev–Trinajstić information content (AvgIpc) is 3.00. The Morgan fingerprint density at radius 3 is 2.26 bits per heavy atom. The number of rotatable bonds is 4. The standard InChI is InChI=1S/C19H18N2O5S/c1-21-13-9-14(24-2)15(25-3)10-16(13)27-19(21)20-17(22)11-7-5-6-8-12(11)18(23)26-4/h5-10H,1-4H3. The maximum absolute atomic E-state index is 12.7. The van der Waals surface area contributed by atoms with Crippen LogP contribution in [-0.4, -0.2) is 37.8 Å². The molecule has 0 N–H and O–H groups in total. The quantitative estimate of drug-likeness (QED) is 0.644. The first-order chi connectivity index (χ1) is 13.0. The van der Waals surface area contributed by atoms with E-state index < -0.39 is 11.9 Å². The molecular weight excluding hydrogens is 368 g/mol. The van der Waals surface area contributed by atoms with Crippen molar-refractivity contribution in [1.82, 2.24) is 4.57 Å². The molecule has 0 saturated heterocycles. The van der Waals surface area contributed by atoms with Crippen LogP contribution in [0.5, 0.6) is 11.5 Å². The van der Waals surface area contributed by atoms with E-state index in [1.54, 1.807) is 37.0 Å². The molecule has 0 aliphatic carbocycles. The predicted octanol–water partition coefficient (Wildman–Crippen LogP) is 2.78. The molecule has 27 heavy (non-hydrogen) atoms. The molecule has 0 fully saturated rings. The summed E-state index contributed by atoms with van der Waals surface area (Å²) >= 11 is 1.34. The van der Waals surface area contributed by atoms with Crippen molar-refractivity contribution < 1.29 is 23.8 Å². The van der Waals surface area contributed by atoms with Gasteiger partial charge in [-0.3, -0.25) is 4.79 Å². The molecule has 0 radical (unpaired) electrons. The number of carbonyl (C=O) groups is 2. The van der Waals surface area contributed by atoms with E-state index in [1.165, 1.54) is 24.5 Å². The fraction of sp³-hybridized carbons (Fsp3) is 0.211. The van der Waals surface area contributed by atoms with Crippen molar-refractivity contribution in [2.75, 3.05) is 21.3 Å². The van der Waals surface area contributed by atoms with Gasteiger partial charge in [0.05, 0.1) is 42.7 Å². The number of benzene rings is 2. The molecule has 0 bridgehead atoms. The van der Waals surface area contributed by atoms with Gasteiger partial charge < -0.3 is 18.8 Å². The number of methoxy groups -OCH3 is 3.